The molecule has 0 unspecified atom stereocenters. The van der Waals surface area contributed by atoms with Crippen molar-refractivity contribution in [2.24, 2.45) is 0 Å². The Morgan fingerprint density at radius 3 is 1.12 bits per heavy atom. The zero-order chi connectivity index (χ0) is 33.8. The first-order valence-corrected chi connectivity index (χ1v) is 22.5. The molecule has 0 bridgehead atoms. The lowest BCUT2D eigenvalue weighted by molar-refractivity contribution is 0.666. The topological polar surface area (TPSA) is 0 Å². The normalized spacial score (nSPS) is 11.0. The first-order valence-electron chi connectivity index (χ1n) is 19.1. The van der Waals surface area contributed by atoms with Crippen LogP contribution in [-0.2, 0) is 25.7 Å². The van der Waals surface area contributed by atoms with Crippen molar-refractivity contribution in [2.75, 3.05) is 0 Å². The Morgan fingerprint density at radius 2 is 0.771 bits per heavy atom. The molecule has 4 heteroatoms. The first-order chi connectivity index (χ1) is 23.7. The number of rotatable bonds is 22. The molecule has 0 atom stereocenters. The van der Waals surface area contributed by atoms with E-state index in [4.69, 9.17) is 0 Å². The van der Waals surface area contributed by atoms with Gasteiger partial charge in [-0.2, -0.15) is 0 Å². The summed E-state index contributed by atoms with van der Waals surface area (Å²) in [6.07, 6.45) is 25.5. The third-order valence-electron chi connectivity index (χ3n) is 9.16. The molecule has 0 fully saturated rings. The Balaban J connectivity index is 1.54. The first kappa shape index (κ1) is 38.7. The van der Waals surface area contributed by atoms with E-state index in [1.807, 2.05) is 45.3 Å². The van der Waals surface area contributed by atoms with E-state index in [-0.39, 0.29) is 0 Å². The summed E-state index contributed by atoms with van der Waals surface area (Å²) in [4.78, 5) is 8.20. The van der Waals surface area contributed by atoms with Crippen LogP contribution in [0.15, 0.2) is 35.0 Å². The SMILES string of the molecule is CCCCCCc1ccsc1-c1sc(C#CC#Cc2cc(CCCCCC)c(-c3sccc3CCCCCC)s2)cc1CCCCCC. The molecule has 4 rings (SSSR count). The quantitative estimate of drug-likeness (QED) is 0.0562. The lowest BCUT2D eigenvalue weighted by Gasteiger charge is -2.06. The average Bonchev–Trinajstić information content (AvgIpc) is 3.91. The average molecular weight is 715 g/mol. The van der Waals surface area contributed by atoms with Gasteiger partial charge < -0.3 is 0 Å². The molecule has 0 amide bonds. The highest BCUT2D eigenvalue weighted by molar-refractivity contribution is 7.22. The third kappa shape index (κ3) is 12.4. The fourth-order valence-corrected chi connectivity index (χ4v) is 10.8. The summed E-state index contributed by atoms with van der Waals surface area (Å²) in [5.41, 5.74) is 6.03. The monoisotopic (exact) mass is 714 g/mol. The van der Waals surface area contributed by atoms with Crippen LogP contribution in [0.25, 0.3) is 19.5 Å². The van der Waals surface area contributed by atoms with Crippen molar-refractivity contribution in [3.8, 4) is 43.2 Å². The van der Waals surface area contributed by atoms with E-state index in [1.54, 1.807) is 0 Å². The molecule has 0 aromatic carbocycles. The van der Waals surface area contributed by atoms with Crippen LogP contribution in [0, 0.1) is 23.7 Å². The van der Waals surface area contributed by atoms with E-state index in [9.17, 15) is 0 Å². The number of hydrogen-bond donors (Lipinski definition) is 0. The van der Waals surface area contributed by atoms with Crippen molar-refractivity contribution < 1.29 is 0 Å². The second-order valence-corrected chi connectivity index (χ2v) is 17.2. The van der Waals surface area contributed by atoms with E-state index in [0.29, 0.717) is 0 Å². The summed E-state index contributed by atoms with van der Waals surface area (Å²) in [5, 5.41) is 4.59. The van der Waals surface area contributed by atoms with Gasteiger partial charge in [-0.05, 0) is 132 Å². The van der Waals surface area contributed by atoms with Crippen molar-refractivity contribution >= 4 is 45.3 Å². The van der Waals surface area contributed by atoms with Crippen molar-refractivity contribution in [3.63, 3.8) is 0 Å². The van der Waals surface area contributed by atoms with Crippen molar-refractivity contribution in [1.29, 1.82) is 0 Å². The third-order valence-corrected chi connectivity index (χ3v) is 13.6. The maximum atomic E-state index is 3.46. The molecule has 0 aliphatic rings. The summed E-state index contributed by atoms with van der Waals surface area (Å²) in [7, 11) is 0. The van der Waals surface area contributed by atoms with Gasteiger partial charge in [-0.15, -0.1) is 45.3 Å². The maximum absolute atomic E-state index is 3.46. The van der Waals surface area contributed by atoms with Gasteiger partial charge in [-0.3, -0.25) is 0 Å². The Hall–Kier alpha value is -2.08. The highest BCUT2D eigenvalue weighted by Gasteiger charge is 2.17. The molecule has 0 spiro atoms. The Labute approximate surface area is 309 Å². The summed E-state index contributed by atoms with van der Waals surface area (Å²) < 4.78 is 0. The predicted molar refractivity (Wildman–Crippen MR) is 220 cm³/mol. The summed E-state index contributed by atoms with van der Waals surface area (Å²) >= 11 is 7.61. The van der Waals surface area contributed by atoms with Crippen LogP contribution in [0.2, 0.25) is 0 Å². The summed E-state index contributed by atoms with van der Waals surface area (Å²) in [6.45, 7) is 9.17. The van der Waals surface area contributed by atoms with E-state index in [0.717, 1.165) is 22.6 Å². The molecule has 0 radical (unpaired) electrons. The standard InChI is InChI=1S/C44H58S4/c1-5-9-13-17-23-35-29-31-45-41(35)43-37(25-19-15-11-7-3)33-39(47-43)27-21-22-28-40-34-38(26-20-16-12-8-4)44(48-40)42-36(30-32-46-42)24-18-14-10-6-2/h29-34H,5-20,23-26H2,1-4H3. The number of thiophene rings is 4. The highest BCUT2D eigenvalue weighted by atomic mass is 32.1. The minimum absolute atomic E-state index is 1.15. The van der Waals surface area contributed by atoms with Gasteiger partial charge >= 0.3 is 0 Å². The fraction of sp³-hybridized carbons (Fsp3) is 0.545. The minimum Gasteiger partial charge on any atom is -0.143 e. The van der Waals surface area contributed by atoms with Gasteiger partial charge in [0.25, 0.3) is 0 Å². The van der Waals surface area contributed by atoms with Crippen LogP contribution in [-0.4, -0.2) is 0 Å². The maximum Gasteiger partial charge on any atom is 0.0788 e. The predicted octanol–water partition coefficient (Wildman–Crippen LogP) is 15.2. The van der Waals surface area contributed by atoms with Gasteiger partial charge in [0.05, 0.1) is 9.75 Å². The molecule has 4 aromatic heterocycles. The van der Waals surface area contributed by atoms with Gasteiger partial charge in [-0.25, -0.2) is 0 Å². The van der Waals surface area contributed by atoms with Crippen molar-refractivity contribution in [3.05, 3.63) is 67.0 Å². The van der Waals surface area contributed by atoms with Crippen LogP contribution >= 0.6 is 45.3 Å². The Bertz CT molecular complexity index is 1480. The number of aryl methyl sites for hydroxylation is 4. The minimum atomic E-state index is 1.15. The van der Waals surface area contributed by atoms with Crippen LogP contribution < -0.4 is 0 Å². The second-order valence-electron chi connectivity index (χ2n) is 13.2. The van der Waals surface area contributed by atoms with E-state index in [2.05, 4.69) is 86.4 Å². The van der Waals surface area contributed by atoms with Crippen LogP contribution in [0.3, 0.4) is 0 Å². The van der Waals surface area contributed by atoms with E-state index in [1.165, 1.54) is 157 Å². The van der Waals surface area contributed by atoms with Crippen LogP contribution in [0.5, 0.6) is 0 Å². The van der Waals surface area contributed by atoms with Gasteiger partial charge in [0.15, 0.2) is 0 Å². The zero-order valence-electron chi connectivity index (χ0n) is 30.2. The molecule has 4 heterocycles. The Morgan fingerprint density at radius 1 is 0.417 bits per heavy atom. The second kappa shape index (κ2) is 22.6. The van der Waals surface area contributed by atoms with Crippen LogP contribution in [0.4, 0.5) is 0 Å². The molecule has 0 nitrogen and oxygen atoms in total. The molecule has 0 N–H and O–H groups in total. The lowest BCUT2D eigenvalue weighted by Crippen LogP contribution is -1.89. The molecular weight excluding hydrogens is 657 g/mol. The van der Waals surface area contributed by atoms with E-state index < -0.39 is 0 Å². The highest BCUT2D eigenvalue weighted by Crippen LogP contribution is 2.41. The molecule has 4 aromatic rings. The molecule has 258 valence electrons. The molecule has 0 aliphatic carbocycles. The summed E-state index contributed by atoms with van der Waals surface area (Å²) in [6, 6.07) is 9.47. The van der Waals surface area contributed by atoms with Gasteiger partial charge in [0, 0.05) is 19.5 Å². The van der Waals surface area contributed by atoms with Gasteiger partial charge in [0.2, 0.25) is 0 Å². The summed E-state index contributed by atoms with van der Waals surface area (Å²) in [5.74, 6) is 13.5. The number of hydrogen-bond acceptors (Lipinski definition) is 4. The van der Waals surface area contributed by atoms with Crippen LogP contribution in [0.1, 0.15) is 162 Å². The largest absolute Gasteiger partial charge is 0.143 e. The van der Waals surface area contributed by atoms with Gasteiger partial charge in [-0.1, -0.05) is 105 Å². The molecule has 0 aliphatic heterocycles. The van der Waals surface area contributed by atoms with Crippen molar-refractivity contribution in [1.82, 2.24) is 0 Å². The molecule has 0 saturated carbocycles. The lowest BCUT2D eigenvalue weighted by atomic mass is 10.0. The zero-order valence-corrected chi connectivity index (χ0v) is 33.5. The smallest absolute Gasteiger partial charge is 0.0788 e. The van der Waals surface area contributed by atoms with E-state index >= 15 is 0 Å². The van der Waals surface area contributed by atoms with Gasteiger partial charge in [0.1, 0.15) is 0 Å². The molecular formula is C44H58S4. The number of unbranched alkanes of at least 4 members (excludes halogenated alkanes) is 12. The fourth-order valence-electron chi connectivity index (χ4n) is 6.35. The Kier molecular flexibility index (Phi) is 18.2. The molecule has 48 heavy (non-hydrogen) atoms. The molecule has 0 saturated heterocycles. The van der Waals surface area contributed by atoms with Crippen molar-refractivity contribution in [2.45, 2.75) is 156 Å².